The summed E-state index contributed by atoms with van der Waals surface area (Å²) in [6.45, 7) is 1.54. The van der Waals surface area contributed by atoms with Crippen molar-refractivity contribution >= 4 is 17.6 Å². The van der Waals surface area contributed by atoms with Gasteiger partial charge in [-0.1, -0.05) is 18.2 Å². The van der Waals surface area contributed by atoms with Gasteiger partial charge in [-0.05, 0) is 36.8 Å². The first kappa shape index (κ1) is 16.2. The van der Waals surface area contributed by atoms with Gasteiger partial charge in [-0.15, -0.1) is 0 Å². The zero-order valence-corrected chi connectivity index (χ0v) is 12.3. The van der Waals surface area contributed by atoms with Gasteiger partial charge >= 0.3 is 5.97 Å². The highest BCUT2D eigenvalue weighted by molar-refractivity contribution is 6.10. The van der Waals surface area contributed by atoms with Gasteiger partial charge in [-0.3, -0.25) is 4.79 Å². The van der Waals surface area contributed by atoms with Crippen LogP contribution < -0.4 is 5.32 Å². The minimum absolute atomic E-state index is 0.0260. The number of anilines is 1. The monoisotopic (exact) mass is 310 g/mol. The molecule has 0 saturated heterocycles. The molecule has 1 amide bonds. The van der Waals surface area contributed by atoms with Crippen molar-refractivity contribution in [2.45, 2.75) is 13.0 Å². The Hall–Kier alpha value is -3.17. The number of nitrogens with one attached hydrogen (secondary N) is 1. The molecule has 23 heavy (non-hydrogen) atoms. The second kappa shape index (κ2) is 6.73. The third kappa shape index (κ3) is 3.54. The third-order valence-corrected chi connectivity index (χ3v) is 3.28. The van der Waals surface area contributed by atoms with Gasteiger partial charge in [0.05, 0.1) is 28.9 Å². The number of hydrogen-bond acceptors (Lipinski definition) is 4. The predicted molar refractivity (Wildman–Crippen MR) is 83.1 cm³/mol. The Kier molecular flexibility index (Phi) is 4.74. The fourth-order valence-corrected chi connectivity index (χ4v) is 2.16. The number of nitriles is 1. The molecule has 1 atom stereocenters. The Morgan fingerprint density at radius 1 is 1.17 bits per heavy atom. The average molecular weight is 310 g/mol. The zero-order chi connectivity index (χ0) is 17.0. The van der Waals surface area contributed by atoms with Gasteiger partial charge in [0.2, 0.25) is 0 Å². The van der Waals surface area contributed by atoms with Crippen LogP contribution in [0.1, 0.15) is 44.9 Å². The number of carboxylic acids is 1. The van der Waals surface area contributed by atoms with Crippen LogP contribution in [0.2, 0.25) is 0 Å². The molecule has 0 bridgehead atoms. The van der Waals surface area contributed by atoms with E-state index in [2.05, 4.69) is 5.32 Å². The van der Waals surface area contributed by atoms with Gasteiger partial charge in [0.1, 0.15) is 0 Å². The Labute approximate surface area is 132 Å². The summed E-state index contributed by atoms with van der Waals surface area (Å²) in [6, 6.07) is 12.3. The molecule has 0 aliphatic rings. The molecule has 0 heterocycles. The number of aliphatic hydroxyl groups excluding tert-OH is 1. The number of hydrogen-bond donors (Lipinski definition) is 3. The number of aliphatic hydroxyl groups is 1. The van der Waals surface area contributed by atoms with Crippen molar-refractivity contribution in [3.63, 3.8) is 0 Å². The largest absolute Gasteiger partial charge is 0.478 e. The second-order valence-electron chi connectivity index (χ2n) is 4.89. The van der Waals surface area contributed by atoms with Crippen molar-refractivity contribution < 1.29 is 19.8 Å². The second-order valence-corrected chi connectivity index (χ2v) is 4.89. The summed E-state index contributed by atoms with van der Waals surface area (Å²) >= 11 is 0. The highest BCUT2D eigenvalue weighted by Crippen LogP contribution is 2.22. The average Bonchev–Trinajstić information content (AvgIpc) is 2.54. The number of carboxylic acid groups (broad SMARTS) is 1. The summed E-state index contributed by atoms with van der Waals surface area (Å²) < 4.78 is 0. The van der Waals surface area contributed by atoms with Crippen molar-refractivity contribution in [1.82, 2.24) is 0 Å². The molecular weight excluding hydrogens is 296 g/mol. The highest BCUT2D eigenvalue weighted by atomic mass is 16.4. The molecule has 0 saturated carbocycles. The zero-order valence-electron chi connectivity index (χ0n) is 12.3. The number of amides is 1. The van der Waals surface area contributed by atoms with Crippen molar-refractivity contribution in [2.24, 2.45) is 0 Å². The molecule has 116 valence electrons. The Balaban J connectivity index is 2.32. The van der Waals surface area contributed by atoms with E-state index in [9.17, 15) is 14.7 Å². The summed E-state index contributed by atoms with van der Waals surface area (Å²) in [5.74, 6) is -1.78. The maximum atomic E-state index is 12.3. The molecule has 6 heteroatoms. The first-order valence-electron chi connectivity index (χ1n) is 6.80. The van der Waals surface area contributed by atoms with Gasteiger partial charge in [0.15, 0.2) is 0 Å². The summed E-state index contributed by atoms with van der Waals surface area (Å²) in [7, 11) is 0. The van der Waals surface area contributed by atoms with Crippen LogP contribution >= 0.6 is 0 Å². The Morgan fingerprint density at radius 3 is 2.39 bits per heavy atom. The first-order valence-corrected chi connectivity index (χ1v) is 6.80. The van der Waals surface area contributed by atoms with Crippen LogP contribution in [0.3, 0.4) is 0 Å². The molecule has 2 aromatic rings. The smallest absolute Gasteiger partial charge is 0.336 e. The van der Waals surface area contributed by atoms with Gasteiger partial charge in [0, 0.05) is 5.69 Å². The SMILES string of the molecule is CC(O)c1ccc(NC(=O)c2ccccc2C(=O)O)cc1C#N. The van der Waals surface area contributed by atoms with E-state index in [1.54, 1.807) is 18.2 Å². The maximum absolute atomic E-state index is 12.3. The minimum atomic E-state index is -1.20. The predicted octanol–water partition coefficient (Wildman–Crippen LogP) is 2.56. The standard InChI is InChI=1S/C17H14N2O4/c1-10(20)13-7-6-12(8-11(13)9-18)19-16(21)14-4-2-3-5-15(14)17(22)23/h2-8,10,20H,1H3,(H,19,21)(H,22,23). The summed E-state index contributed by atoms with van der Waals surface area (Å²) in [6.07, 6.45) is -0.804. The Morgan fingerprint density at radius 2 is 1.83 bits per heavy atom. The molecular formula is C17H14N2O4. The summed E-state index contributed by atoms with van der Waals surface area (Å²) in [5.41, 5.74) is 0.959. The number of nitrogens with zero attached hydrogens (tertiary/aromatic N) is 1. The lowest BCUT2D eigenvalue weighted by molar-refractivity contribution is 0.0692. The van der Waals surface area contributed by atoms with E-state index < -0.39 is 18.0 Å². The quantitative estimate of drug-likeness (QED) is 0.803. The molecule has 0 spiro atoms. The van der Waals surface area contributed by atoms with Crippen LogP contribution in [0, 0.1) is 11.3 Å². The van der Waals surface area contributed by atoms with E-state index in [0.717, 1.165) is 0 Å². The van der Waals surface area contributed by atoms with Crippen LogP contribution in [0.5, 0.6) is 0 Å². The fraction of sp³-hybridized carbons (Fsp3) is 0.118. The third-order valence-electron chi connectivity index (χ3n) is 3.28. The normalized spacial score (nSPS) is 11.3. The van der Waals surface area contributed by atoms with Crippen LogP contribution in [0.4, 0.5) is 5.69 Å². The van der Waals surface area contributed by atoms with E-state index in [0.29, 0.717) is 11.3 Å². The van der Waals surface area contributed by atoms with Crippen molar-refractivity contribution in [3.8, 4) is 6.07 Å². The van der Waals surface area contributed by atoms with E-state index in [-0.39, 0.29) is 16.7 Å². The number of carbonyl (C=O) groups excluding carboxylic acids is 1. The van der Waals surface area contributed by atoms with E-state index in [1.165, 1.54) is 31.2 Å². The fourth-order valence-electron chi connectivity index (χ4n) is 2.16. The molecule has 6 nitrogen and oxygen atoms in total. The van der Waals surface area contributed by atoms with Crippen molar-refractivity contribution in [2.75, 3.05) is 5.32 Å². The maximum Gasteiger partial charge on any atom is 0.336 e. The van der Waals surface area contributed by atoms with Gasteiger partial charge in [-0.25, -0.2) is 4.79 Å². The minimum Gasteiger partial charge on any atom is -0.478 e. The lowest BCUT2D eigenvalue weighted by Crippen LogP contribution is -2.16. The summed E-state index contributed by atoms with van der Waals surface area (Å²) in [5, 5.41) is 30.4. The lowest BCUT2D eigenvalue weighted by Gasteiger charge is -2.11. The number of rotatable bonds is 4. The van der Waals surface area contributed by atoms with Crippen LogP contribution in [0.15, 0.2) is 42.5 Å². The Bertz CT molecular complexity index is 806. The molecule has 0 aromatic heterocycles. The number of aromatic carboxylic acids is 1. The highest BCUT2D eigenvalue weighted by Gasteiger charge is 2.16. The van der Waals surface area contributed by atoms with E-state index >= 15 is 0 Å². The van der Waals surface area contributed by atoms with Crippen LogP contribution in [-0.2, 0) is 0 Å². The number of benzene rings is 2. The first-order chi connectivity index (χ1) is 10.9. The van der Waals surface area contributed by atoms with Crippen molar-refractivity contribution in [3.05, 3.63) is 64.7 Å². The van der Waals surface area contributed by atoms with E-state index in [1.807, 2.05) is 6.07 Å². The molecule has 1 unspecified atom stereocenters. The van der Waals surface area contributed by atoms with Gasteiger partial charge < -0.3 is 15.5 Å². The topological polar surface area (TPSA) is 110 Å². The molecule has 0 radical (unpaired) electrons. The van der Waals surface area contributed by atoms with Crippen molar-refractivity contribution in [1.29, 1.82) is 5.26 Å². The number of carbonyl (C=O) groups is 2. The van der Waals surface area contributed by atoms with Crippen LogP contribution in [-0.4, -0.2) is 22.1 Å². The molecule has 2 aromatic carbocycles. The molecule has 3 N–H and O–H groups in total. The van der Waals surface area contributed by atoms with Crippen LogP contribution in [0.25, 0.3) is 0 Å². The van der Waals surface area contributed by atoms with Gasteiger partial charge in [0.25, 0.3) is 5.91 Å². The molecule has 0 aliphatic heterocycles. The van der Waals surface area contributed by atoms with Gasteiger partial charge in [-0.2, -0.15) is 5.26 Å². The lowest BCUT2D eigenvalue weighted by atomic mass is 10.0. The molecule has 0 fully saturated rings. The summed E-state index contributed by atoms with van der Waals surface area (Å²) in [4.78, 5) is 23.4. The van der Waals surface area contributed by atoms with E-state index in [4.69, 9.17) is 10.4 Å². The molecule has 2 rings (SSSR count). The molecule has 0 aliphatic carbocycles.